The van der Waals surface area contributed by atoms with Gasteiger partial charge in [0, 0.05) is 41.9 Å². The van der Waals surface area contributed by atoms with Gasteiger partial charge in [-0.1, -0.05) is 41.9 Å². The number of carboxylic acids is 1. The Morgan fingerprint density at radius 2 is 1.46 bits per heavy atom. The number of hydrogen-bond acceptors (Lipinski definition) is 4. The lowest BCUT2D eigenvalue weighted by molar-refractivity contribution is -0.137. The molecule has 0 aliphatic heterocycles. The van der Waals surface area contributed by atoms with Crippen LogP contribution in [0.3, 0.4) is 0 Å². The number of nitrogens with zero attached hydrogens (tertiary/aromatic N) is 1. The average molecular weight is 521 g/mol. The molecule has 0 bridgehead atoms. The van der Waals surface area contributed by atoms with E-state index in [2.05, 4.69) is 10.3 Å². The maximum atomic E-state index is 14.1. The van der Waals surface area contributed by atoms with Gasteiger partial charge in [-0.3, -0.25) is 14.6 Å². The Labute approximate surface area is 217 Å². The first-order valence-electron chi connectivity index (χ1n) is 11.6. The van der Waals surface area contributed by atoms with Gasteiger partial charge < -0.3 is 10.4 Å². The number of carbonyl (C=O) groups excluding carboxylic acids is 1. The fourth-order valence-corrected chi connectivity index (χ4v) is 4.00. The highest BCUT2D eigenvalue weighted by Crippen LogP contribution is 2.28. The zero-order chi connectivity index (χ0) is 26.4. The summed E-state index contributed by atoms with van der Waals surface area (Å²) < 4.78 is 28.2. The van der Waals surface area contributed by atoms with Crippen molar-refractivity contribution in [3.8, 4) is 22.3 Å². The number of hydrogen-bond donors (Lipinski definition) is 2. The molecule has 5 nitrogen and oxygen atoms in total. The molecule has 0 aliphatic rings. The minimum absolute atomic E-state index is 0.0653. The number of aromatic nitrogens is 1. The van der Waals surface area contributed by atoms with Gasteiger partial charge >= 0.3 is 5.97 Å². The molecule has 0 saturated carbocycles. The number of carboxylic acid groups (broad SMARTS) is 1. The Bertz CT molecular complexity index is 1410. The molecular weight excluding hydrogens is 498 g/mol. The third kappa shape index (κ3) is 6.77. The molecule has 8 heteroatoms. The number of aliphatic carboxylic acids is 1. The van der Waals surface area contributed by atoms with Crippen molar-refractivity contribution in [2.45, 2.75) is 25.8 Å². The number of anilines is 1. The Balaban J connectivity index is 1.48. The van der Waals surface area contributed by atoms with E-state index < -0.39 is 17.6 Å². The summed E-state index contributed by atoms with van der Waals surface area (Å²) in [5, 5.41) is 12.6. The van der Waals surface area contributed by atoms with Crippen molar-refractivity contribution in [3.63, 3.8) is 0 Å². The second-order valence-electron chi connectivity index (χ2n) is 8.46. The maximum absolute atomic E-state index is 14.1. The Hall–Kier alpha value is -4.10. The second-order valence-corrected chi connectivity index (χ2v) is 8.90. The van der Waals surface area contributed by atoms with Crippen LogP contribution in [0.1, 0.15) is 35.3 Å². The lowest BCUT2D eigenvalue weighted by Gasteiger charge is -2.13. The monoisotopic (exact) mass is 520 g/mol. The molecule has 0 saturated heterocycles. The topological polar surface area (TPSA) is 79.3 Å². The smallest absolute Gasteiger partial charge is 0.303 e. The maximum Gasteiger partial charge on any atom is 0.303 e. The standard InChI is InChI=1S/C29H23ClF2N2O3/c30-22-9-4-18(5-10-22)19-6-11-23(12-7-19)33-17-21-14-25(31)26(32)15-24(21)20-8-13-27(34-16-20)28(35)2-1-3-29(36)37/h4-16,33H,1-3,17H2,(H,36,37). The predicted octanol–water partition coefficient (Wildman–Crippen LogP) is 7.40. The molecule has 0 amide bonds. The summed E-state index contributed by atoms with van der Waals surface area (Å²) in [5.41, 5.74) is 4.51. The summed E-state index contributed by atoms with van der Waals surface area (Å²) in [6.07, 6.45) is 1.62. The van der Waals surface area contributed by atoms with Gasteiger partial charge in [-0.25, -0.2) is 8.78 Å². The first-order valence-corrected chi connectivity index (χ1v) is 12.0. The van der Waals surface area contributed by atoms with Crippen LogP contribution in [0.4, 0.5) is 14.5 Å². The molecule has 1 heterocycles. The fourth-order valence-electron chi connectivity index (χ4n) is 3.87. The fraction of sp³-hybridized carbons (Fsp3) is 0.138. The van der Waals surface area contributed by atoms with Crippen LogP contribution in [0.2, 0.25) is 5.02 Å². The second kappa shape index (κ2) is 11.8. The van der Waals surface area contributed by atoms with Gasteiger partial charge in [0.15, 0.2) is 17.4 Å². The minimum atomic E-state index is -0.986. The number of Topliss-reactive ketones (excluding diaryl/α,β-unsaturated/α-hetero) is 1. The number of halogens is 3. The molecule has 4 rings (SSSR count). The molecule has 2 N–H and O–H groups in total. The molecule has 188 valence electrons. The molecule has 1 aromatic heterocycles. The van der Waals surface area contributed by atoms with Crippen LogP contribution in [0.5, 0.6) is 0 Å². The van der Waals surface area contributed by atoms with Crippen LogP contribution in [-0.4, -0.2) is 21.8 Å². The summed E-state index contributed by atoms with van der Waals surface area (Å²) in [6.45, 7) is 0.225. The highest BCUT2D eigenvalue weighted by molar-refractivity contribution is 6.30. The van der Waals surface area contributed by atoms with E-state index in [-0.39, 0.29) is 37.3 Å². The Morgan fingerprint density at radius 1 is 0.838 bits per heavy atom. The van der Waals surface area contributed by atoms with E-state index >= 15 is 0 Å². The van der Waals surface area contributed by atoms with Crippen LogP contribution in [0, 0.1) is 11.6 Å². The summed E-state index contributed by atoms with van der Waals surface area (Å²) in [4.78, 5) is 27.1. The normalized spacial score (nSPS) is 10.8. The third-order valence-corrected chi connectivity index (χ3v) is 6.10. The van der Waals surface area contributed by atoms with Crippen molar-refractivity contribution < 1.29 is 23.5 Å². The van der Waals surface area contributed by atoms with Crippen molar-refractivity contribution in [1.82, 2.24) is 4.98 Å². The highest BCUT2D eigenvalue weighted by Gasteiger charge is 2.14. The van der Waals surface area contributed by atoms with Gasteiger partial charge in [0.2, 0.25) is 0 Å². The van der Waals surface area contributed by atoms with E-state index in [1.807, 2.05) is 48.5 Å². The number of pyridine rings is 1. The number of ketones is 1. The van der Waals surface area contributed by atoms with Crippen LogP contribution in [-0.2, 0) is 11.3 Å². The van der Waals surface area contributed by atoms with Gasteiger partial charge in [-0.05, 0) is 71.1 Å². The SMILES string of the molecule is O=C(O)CCCC(=O)c1ccc(-c2cc(F)c(F)cc2CNc2ccc(-c3ccc(Cl)cc3)cc2)cn1. The number of rotatable bonds is 10. The van der Waals surface area contributed by atoms with Gasteiger partial charge in [0.25, 0.3) is 0 Å². The van der Waals surface area contributed by atoms with Gasteiger partial charge in [-0.2, -0.15) is 0 Å². The number of nitrogens with one attached hydrogen (secondary N) is 1. The Morgan fingerprint density at radius 3 is 2.08 bits per heavy atom. The Kier molecular flexibility index (Phi) is 8.25. The highest BCUT2D eigenvalue weighted by atomic mass is 35.5. The molecule has 0 spiro atoms. The first-order chi connectivity index (χ1) is 17.8. The predicted molar refractivity (Wildman–Crippen MR) is 140 cm³/mol. The van der Waals surface area contributed by atoms with E-state index in [1.165, 1.54) is 12.3 Å². The molecule has 37 heavy (non-hydrogen) atoms. The molecule has 0 fully saturated rings. The van der Waals surface area contributed by atoms with Gasteiger partial charge in [0.1, 0.15) is 5.69 Å². The molecule has 0 unspecified atom stereocenters. The zero-order valence-corrected chi connectivity index (χ0v) is 20.4. The van der Waals surface area contributed by atoms with Crippen molar-refractivity contribution in [2.24, 2.45) is 0 Å². The minimum Gasteiger partial charge on any atom is -0.481 e. The molecular formula is C29H23ClF2N2O3. The molecule has 0 radical (unpaired) electrons. The largest absolute Gasteiger partial charge is 0.481 e. The van der Waals surface area contributed by atoms with Crippen LogP contribution in [0.25, 0.3) is 22.3 Å². The quantitative estimate of drug-likeness (QED) is 0.213. The molecule has 4 aromatic rings. The average Bonchev–Trinajstić information content (AvgIpc) is 2.90. The van der Waals surface area contributed by atoms with Crippen molar-refractivity contribution in [2.75, 3.05) is 5.32 Å². The van der Waals surface area contributed by atoms with E-state index in [4.69, 9.17) is 16.7 Å². The molecule has 0 atom stereocenters. The van der Waals surface area contributed by atoms with Crippen LogP contribution < -0.4 is 5.32 Å². The van der Waals surface area contributed by atoms with Crippen molar-refractivity contribution >= 4 is 29.0 Å². The molecule has 3 aromatic carbocycles. The lowest BCUT2D eigenvalue weighted by atomic mass is 9.99. The van der Waals surface area contributed by atoms with Crippen LogP contribution in [0.15, 0.2) is 79.0 Å². The number of benzene rings is 3. The van der Waals surface area contributed by atoms with Crippen molar-refractivity contribution in [1.29, 1.82) is 0 Å². The van der Waals surface area contributed by atoms with E-state index in [9.17, 15) is 18.4 Å². The first kappa shape index (κ1) is 26.0. The van der Waals surface area contributed by atoms with E-state index in [0.29, 0.717) is 21.7 Å². The third-order valence-electron chi connectivity index (χ3n) is 5.85. The summed E-state index contributed by atoms with van der Waals surface area (Å²) >= 11 is 5.95. The van der Waals surface area contributed by atoms with E-state index in [0.717, 1.165) is 28.9 Å². The molecule has 0 aliphatic carbocycles. The summed E-state index contributed by atoms with van der Waals surface area (Å²) in [6, 6.07) is 20.6. The lowest BCUT2D eigenvalue weighted by Crippen LogP contribution is -2.05. The summed E-state index contributed by atoms with van der Waals surface area (Å²) in [5.74, 6) is -3.19. The van der Waals surface area contributed by atoms with Gasteiger partial charge in [-0.15, -0.1) is 0 Å². The van der Waals surface area contributed by atoms with E-state index in [1.54, 1.807) is 6.07 Å². The number of carbonyl (C=O) groups is 2. The van der Waals surface area contributed by atoms with Crippen molar-refractivity contribution in [3.05, 3.63) is 107 Å². The zero-order valence-electron chi connectivity index (χ0n) is 19.7. The van der Waals surface area contributed by atoms with Crippen LogP contribution >= 0.6 is 11.6 Å². The van der Waals surface area contributed by atoms with Gasteiger partial charge in [0.05, 0.1) is 0 Å². The summed E-state index contributed by atoms with van der Waals surface area (Å²) in [7, 11) is 0.